The molecule has 0 aliphatic rings. The molecule has 9 nitrogen and oxygen atoms in total. The van der Waals surface area contributed by atoms with Crippen molar-refractivity contribution in [2.24, 2.45) is 0 Å². The van der Waals surface area contributed by atoms with Gasteiger partial charge in [-0.15, -0.1) is 0 Å². The van der Waals surface area contributed by atoms with Crippen molar-refractivity contribution in [3.63, 3.8) is 0 Å². The third-order valence-corrected chi connectivity index (χ3v) is 0.283. The molecule has 0 fully saturated rings. The quantitative estimate of drug-likeness (QED) is 0.111. The predicted molar refractivity (Wildman–Crippen MR) is 36.7 cm³/mol. The Morgan fingerprint density at radius 1 is 1.15 bits per heavy atom. The summed E-state index contributed by atoms with van der Waals surface area (Å²) in [5.74, 6) is 0. The van der Waals surface area contributed by atoms with Crippen molar-refractivity contribution < 1.29 is 83.6 Å². The average molecular weight is 376 g/mol. The summed E-state index contributed by atoms with van der Waals surface area (Å²) >= 11 is 0. The first kappa shape index (κ1) is 24.5. The van der Waals surface area contributed by atoms with E-state index < -0.39 is 18.2 Å². The van der Waals surface area contributed by atoms with Crippen LogP contribution in [0.2, 0.25) is 0 Å². The van der Waals surface area contributed by atoms with Gasteiger partial charge in [0, 0.05) is 41.7 Å². The van der Waals surface area contributed by atoms with Crippen molar-refractivity contribution in [2.45, 2.75) is 0 Å². The van der Waals surface area contributed by atoms with Crippen LogP contribution in [0.15, 0.2) is 0 Å². The van der Waals surface area contributed by atoms with E-state index in [4.69, 9.17) is 37.5 Å². The normalized spacial score (nSPS) is 9.92. The van der Waals surface area contributed by atoms with E-state index in [0.717, 1.165) is 0 Å². The van der Waals surface area contributed by atoms with Crippen LogP contribution in [0.4, 0.5) is 0 Å². The van der Waals surface area contributed by atoms with E-state index in [2.05, 4.69) is 4.33 Å². The van der Waals surface area contributed by atoms with Crippen molar-refractivity contribution in [2.75, 3.05) is 0 Å². The molecular formula is H6CeNaO9PS. The fraction of sp³-hybridized carbons (Fsp3) is 0. The summed E-state index contributed by atoms with van der Waals surface area (Å²) in [6, 6.07) is 0. The second kappa shape index (κ2) is 10.8. The van der Waals surface area contributed by atoms with E-state index >= 15 is 0 Å². The fourth-order valence-corrected chi connectivity index (χ4v) is 0. The molecule has 0 bridgehead atoms. The molecule has 0 spiro atoms. The Hall–Kier alpha value is 2.32. The molecule has 0 amide bonds. The van der Waals surface area contributed by atoms with Crippen LogP contribution in [-0.4, -0.2) is 62.5 Å². The Morgan fingerprint density at radius 3 is 1.23 bits per heavy atom. The second-order valence-corrected chi connectivity index (χ2v) is 3.05. The summed E-state index contributed by atoms with van der Waals surface area (Å²) in [7, 11) is -9.25. The topological polar surface area (TPSA) is 162 Å². The number of hydrogen-bond donors (Lipinski definition) is 5. The van der Waals surface area contributed by atoms with Crippen molar-refractivity contribution in [1.29, 1.82) is 0 Å². The van der Waals surface area contributed by atoms with Gasteiger partial charge in [0.15, 0.2) is 0 Å². The molecule has 0 aromatic rings. The summed E-state index contributed by atoms with van der Waals surface area (Å²) < 4.78 is 36.8. The standard InChI is InChI=1S/Ce.Na.H2O5S.H3O4P.H/c;;1-5-6(2,3)4;1-5(2,3)4;/h;;1H,(H,2,3,4);(H3,1,2,3,4);. The summed E-state index contributed by atoms with van der Waals surface area (Å²) in [5.41, 5.74) is 0. The first-order valence-corrected chi connectivity index (χ1v) is 4.58. The van der Waals surface area contributed by atoms with Crippen molar-refractivity contribution in [3.8, 4) is 0 Å². The van der Waals surface area contributed by atoms with Crippen molar-refractivity contribution in [1.82, 2.24) is 0 Å². The van der Waals surface area contributed by atoms with Crippen molar-refractivity contribution in [3.05, 3.63) is 0 Å². The molecule has 0 atom stereocenters. The van der Waals surface area contributed by atoms with Crippen LogP contribution in [0, 0.1) is 41.7 Å². The molecule has 13 heavy (non-hydrogen) atoms. The molecule has 0 aliphatic carbocycles. The van der Waals surface area contributed by atoms with Gasteiger partial charge in [-0.05, 0) is 0 Å². The zero-order chi connectivity index (χ0) is 9.71. The van der Waals surface area contributed by atoms with Gasteiger partial charge in [-0.3, -0.25) is 4.55 Å². The van der Waals surface area contributed by atoms with Crippen LogP contribution in [-0.2, 0) is 19.3 Å². The summed E-state index contributed by atoms with van der Waals surface area (Å²) in [5, 5.41) is 7.06. The maximum absolute atomic E-state index is 9.08. The zero-order valence-corrected chi connectivity index (χ0v) is 10.1. The Balaban J connectivity index is -0.0000000546. The number of hydrogen-bond acceptors (Lipinski definition) is 5. The van der Waals surface area contributed by atoms with Crippen LogP contribution in [0.5, 0.6) is 0 Å². The van der Waals surface area contributed by atoms with Gasteiger partial charge in [-0.25, -0.2) is 9.82 Å². The van der Waals surface area contributed by atoms with Crippen LogP contribution < -0.4 is 0 Å². The summed E-state index contributed by atoms with van der Waals surface area (Å²) in [4.78, 5) is 21.6. The summed E-state index contributed by atoms with van der Waals surface area (Å²) in [6.45, 7) is 0. The van der Waals surface area contributed by atoms with E-state index in [0.29, 0.717) is 0 Å². The third-order valence-electron chi connectivity index (χ3n) is 0.0942. The van der Waals surface area contributed by atoms with E-state index in [1.54, 1.807) is 0 Å². The number of phosphoric acid groups is 1. The van der Waals surface area contributed by atoms with Crippen LogP contribution in [0.3, 0.4) is 0 Å². The molecule has 0 aromatic carbocycles. The molecular weight excluding hydrogens is 370 g/mol. The zero-order valence-electron chi connectivity index (χ0n) is 5.22. The molecule has 0 radical (unpaired) electrons. The minimum atomic E-state index is -4.64. The van der Waals surface area contributed by atoms with Gasteiger partial charge in [0.05, 0.1) is 0 Å². The molecule has 0 unspecified atom stereocenters. The number of rotatable bonds is 1. The van der Waals surface area contributed by atoms with Crippen molar-refractivity contribution >= 4 is 47.8 Å². The van der Waals surface area contributed by atoms with Gasteiger partial charge in [0.2, 0.25) is 0 Å². The molecule has 0 aromatic heterocycles. The molecule has 0 heterocycles. The van der Waals surface area contributed by atoms with E-state index in [-0.39, 0.29) is 71.3 Å². The fourth-order valence-electron chi connectivity index (χ4n) is 0. The van der Waals surface area contributed by atoms with Gasteiger partial charge in [-0.1, -0.05) is 4.33 Å². The van der Waals surface area contributed by atoms with Gasteiger partial charge in [0.25, 0.3) is 0 Å². The molecule has 0 saturated heterocycles. The maximum atomic E-state index is 9.08. The van der Waals surface area contributed by atoms with Crippen LogP contribution >= 0.6 is 7.82 Å². The van der Waals surface area contributed by atoms with Gasteiger partial charge >= 0.3 is 47.8 Å². The van der Waals surface area contributed by atoms with Crippen LogP contribution in [0.1, 0.15) is 0 Å². The SMILES string of the molecule is O=P(O)(O)O.O=S(=O)(O)OO.[Ce].[NaH]. The van der Waals surface area contributed by atoms with E-state index in [9.17, 15) is 0 Å². The molecule has 13 heteroatoms. The first-order valence-electron chi connectivity index (χ1n) is 1.65. The Morgan fingerprint density at radius 2 is 1.23 bits per heavy atom. The molecule has 0 rings (SSSR count). The molecule has 0 aliphatic heterocycles. The van der Waals surface area contributed by atoms with Gasteiger partial charge < -0.3 is 14.7 Å². The van der Waals surface area contributed by atoms with Gasteiger partial charge in [-0.2, -0.15) is 8.42 Å². The monoisotopic (exact) mass is 376 g/mol. The molecule has 76 valence electrons. The Labute approximate surface area is 129 Å². The van der Waals surface area contributed by atoms with E-state index in [1.807, 2.05) is 0 Å². The Bertz CT molecular complexity index is 218. The predicted octanol–water partition coefficient (Wildman–Crippen LogP) is -2.30. The Kier molecular flexibility index (Phi) is 20.4. The van der Waals surface area contributed by atoms with Crippen LogP contribution in [0.25, 0.3) is 0 Å². The van der Waals surface area contributed by atoms with E-state index in [1.165, 1.54) is 0 Å². The second-order valence-electron chi connectivity index (χ2n) is 1.02. The molecule has 5 N–H and O–H groups in total. The first-order chi connectivity index (χ1) is 4.56. The average Bonchev–Trinajstić information content (AvgIpc) is 1.59. The molecule has 0 saturated carbocycles. The minimum absolute atomic E-state index is 0. The summed E-state index contributed by atoms with van der Waals surface area (Å²) in [6.07, 6.45) is 0. The van der Waals surface area contributed by atoms with Gasteiger partial charge in [0.1, 0.15) is 0 Å². The third kappa shape index (κ3) is 76.8.